The molecule has 0 aliphatic heterocycles. The molecule has 0 aromatic heterocycles. The Bertz CT molecular complexity index is 4010. The molecule has 6 heteroatoms. The number of rotatable bonds is 10. The molecule has 0 spiro atoms. The summed E-state index contributed by atoms with van der Waals surface area (Å²) < 4.78 is 0. The van der Waals surface area contributed by atoms with E-state index in [2.05, 4.69) is 153 Å². The summed E-state index contributed by atoms with van der Waals surface area (Å²) in [4.78, 5) is 12.1. The van der Waals surface area contributed by atoms with Crippen LogP contribution in [-0.4, -0.2) is 0 Å². The topological polar surface area (TPSA) is 62.8 Å². The van der Waals surface area contributed by atoms with Crippen LogP contribution in [0.25, 0.3) is 86.5 Å². The Morgan fingerprint density at radius 1 is 0.311 bits per heavy atom. The quantitative estimate of drug-likeness (QED) is 0.101. The second kappa shape index (κ2) is 18.9. The maximum absolute atomic E-state index is 10.3. The van der Waals surface area contributed by atoms with E-state index in [4.69, 9.17) is 13.1 Å². The van der Waals surface area contributed by atoms with Gasteiger partial charge in [0.2, 0.25) is 0 Å². The van der Waals surface area contributed by atoms with Gasteiger partial charge in [-0.2, -0.15) is 10.5 Å². The summed E-state index contributed by atoms with van der Waals surface area (Å²) in [6.07, 6.45) is 0. The van der Waals surface area contributed by atoms with Gasteiger partial charge in [0.25, 0.3) is 0 Å². The first-order valence-corrected chi connectivity index (χ1v) is 24.1. The number of anilines is 6. The molecule has 6 nitrogen and oxygen atoms in total. The molecule has 12 aromatic rings. The minimum absolute atomic E-state index is 0.529. The number of nitrogens with zero attached hydrogens (tertiary/aromatic N) is 6. The Labute approximate surface area is 429 Å². The van der Waals surface area contributed by atoms with Gasteiger partial charge < -0.3 is 9.80 Å². The maximum Gasteiger partial charge on any atom is 0.189 e. The van der Waals surface area contributed by atoms with E-state index >= 15 is 0 Å². The molecule has 0 heterocycles. The van der Waals surface area contributed by atoms with E-state index in [0.717, 1.165) is 111 Å². The first-order chi connectivity index (χ1) is 36.5. The van der Waals surface area contributed by atoms with Crippen LogP contribution in [0.4, 0.5) is 45.5 Å². The minimum atomic E-state index is 0.529. The largest absolute Gasteiger partial charge is 0.311 e. The van der Waals surface area contributed by atoms with Crippen molar-refractivity contribution in [2.45, 2.75) is 0 Å². The van der Waals surface area contributed by atoms with Crippen molar-refractivity contribution in [2.24, 2.45) is 0 Å². The van der Waals surface area contributed by atoms with E-state index < -0.39 is 0 Å². The van der Waals surface area contributed by atoms with Gasteiger partial charge in [-0.3, -0.25) is 0 Å². The summed E-state index contributed by atoms with van der Waals surface area (Å²) in [6.45, 7) is 15.7. The lowest BCUT2D eigenvalue weighted by molar-refractivity contribution is 1.29. The molecule has 0 saturated heterocycles. The van der Waals surface area contributed by atoms with Crippen LogP contribution in [0.3, 0.4) is 0 Å². The number of hydrogen-bond acceptors (Lipinski definition) is 4. The van der Waals surface area contributed by atoms with Crippen molar-refractivity contribution in [3.8, 4) is 56.6 Å². The van der Waals surface area contributed by atoms with Gasteiger partial charge in [0.1, 0.15) is 0 Å². The predicted octanol–water partition coefficient (Wildman–Crippen LogP) is 19.0. The zero-order valence-corrected chi connectivity index (χ0v) is 39.8. The Morgan fingerprint density at radius 3 is 1.22 bits per heavy atom. The SMILES string of the molecule is [C-]#[N+]c1ccc(-c2cc(-c3ccccc3)cc(N(c3cccc(C#N)c3)c3ccc4ccc5c(N(c6cccc([N+]#[C-])c6)c6cc(-c7ccccc7)cc(-c7ccc(C#N)cc7)c6)ccc6ccc3c4c65)c2)cc1. The minimum Gasteiger partial charge on any atom is -0.311 e. The van der Waals surface area contributed by atoms with Crippen LogP contribution in [0, 0.1) is 35.8 Å². The van der Waals surface area contributed by atoms with Crippen LogP contribution in [0.5, 0.6) is 0 Å². The summed E-state index contributed by atoms with van der Waals surface area (Å²) in [6, 6.07) is 87.1. The molecule has 0 unspecified atom stereocenters. The van der Waals surface area contributed by atoms with Crippen molar-refractivity contribution in [3.63, 3.8) is 0 Å². The average molecular weight is 941 g/mol. The Balaban J connectivity index is 1.11. The van der Waals surface area contributed by atoms with E-state index in [0.29, 0.717) is 22.5 Å². The summed E-state index contributed by atoms with van der Waals surface area (Å²) in [5.74, 6) is 0. The molecule has 0 aliphatic carbocycles. The molecule has 0 bridgehead atoms. The van der Waals surface area contributed by atoms with Gasteiger partial charge in [0, 0.05) is 33.5 Å². The van der Waals surface area contributed by atoms with E-state index in [1.165, 1.54) is 0 Å². The molecule has 0 radical (unpaired) electrons. The first-order valence-electron chi connectivity index (χ1n) is 24.1. The van der Waals surface area contributed by atoms with Crippen LogP contribution < -0.4 is 9.80 Å². The third kappa shape index (κ3) is 8.14. The molecule has 12 aromatic carbocycles. The van der Waals surface area contributed by atoms with Gasteiger partial charge in [-0.05, 0) is 157 Å². The molecular weight excluding hydrogens is 901 g/mol. The summed E-state index contributed by atoms with van der Waals surface area (Å²) in [7, 11) is 0. The van der Waals surface area contributed by atoms with Gasteiger partial charge in [-0.1, -0.05) is 152 Å². The van der Waals surface area contributed by atoms with E-state index in [-0.39, 0.29) is 0 Å². The Morgan fingerprint density at radius 2 is 0.743 bits per heavy atom. The highest BCUT2D eigenvalue weighted by Gasteiger charge is 2.24. The van der Waals surface area contributed by atoms with Crippen molar-refractivity contribution in [2.75, 3.05) is 9.80 Å². The van der Waals surface area contributed by atoms with Crippen LogP contribution in [0.2, 0.25) is 0 Å². The van der Waals surface area contributed by atoms with Gasteiger partial charge in [0.15, 0.2) is 11.4 Å². The van der Waals surface area contributed by atoms with E-state index in [9.17, 15) is 10.5 Å². The maximum atomic E-state index is 10.3. The molecule has 12 rings (SSSR count). The highest BCUT2D eigenvalue weighted by molar-refractivity contribution is 6.28. The van der Waals surface area contributed by atoms with Gasteiger partial charge in [-0.15, -0.1) is 0 Å². The number of hydrogen-bond donors (Lipinski definition) is 0. The fraction of sp³-hybridized carbons (Fsp3) is 0. The molecular formula is C68H40N6. The summed E-state index contributed by atoms with van der Waals surface area (Å²) in [5, 5.41) is 26.4. The van der Waals surface area contributed by atoms with Crippen molar-refractivity contribution in [1.82, 2.24) is 0 Å². The van der Waals surface area contributed by atoms with Crippen LogP contribution in [0.1, 0.15) is 11.1 Å². The average Bonchev–Trinajstić information content (AvgIpc) is 3.47. The smallest absolute Gasteiger partial charge is 0.189 e. The third-order valence-corrected chi connectivity index (χ3v) is 13.8. The second-order valence-corrected chi connectivity index (χ2v) is 18.2. The third-order valence-electron chi connectivity index (χ3n) is 13.8. The zero-order chi connectivity index (χ0) is 50.1. The van der Waals surface area contributed by atoms with Crippen molar-refractivity contribution in [3.05, 3.63) is 277 Å². The van der Waals surface area contributed by atoms with Gasteiger partial charge in [0.05, 0.1) is 47.8 Å². The zero-order valence-electron chi connectivity index (χ0n) is 39.8. The fourth-order valence-corrected chi connectivity index (χ4v) is 10.3. The van der Waals surface area contributed by atoms with Crippen LogP contribution in [0.15, 0.2) is 243 Å². The summed E-state index contributed by atoms with van der Waals surface area (Å²) in [5.41, 5.74) is 15.7. The Hall–Kier alpha value is -10.8. The van der Waals surface area contributed by atoms with Crippen LogP contribution in [-0.2, 0) is 0 Å². The molecule has 0 saturated carbocycles. The summed E-state index contributed by atoms with van der Waals surface area (Å²) >= 11 is 0. The van der Waals surface area contributed by atoms with Crippen LogP contribution >= 0.6 is 0 Å². The second-order valence-electron chi connectivity index (χ2n) is 18.2. The predicted molar refractivity (Wildman–Crippen MR) is 303 cm³/mol. The lowest BCUT2D eigenvalue weighted by Crippen LogP contribution is -2.12. The van der Waals surface area contributed by atoms with Crippen molar-refractivity contribution < 1.29 is 0 Å². The van der Waals surface area contributed by atoms with E-state index in [1.54, 1.807) is 0 Å². The number of nitriles is 2. The first kappa shape index (κ1) is 44.4. The fourth-order valence-electron chi connectivity index (χ4n) is 10.3. The molecule has 0 aliphatic rings. The van der Waals surface area contributed by atoms with Gasteiger partial charge in [-0.25, -0.2) is 9.69 Å². The highest BCUT2D eigenvalue weighted by Crippen LogP contribution is 2.49. The molecule has 74 heavy (non-hydrogen) atoms. The highest BCUT2D eigenvalue weighted by atomic mass is 15.2. The van der Waals surface area contributed by atoms with Crippen molar-refractivity contribution in [1.29, 1.82) is 10.5 Å². The van der Waals surface area contributed by atoms with Gasteiger partial charge >= 0.3 is 0 Å². The molecule has 0 fully saturated rings. The number of benzene rings is 12. The van der Waals surface area contributed by atoms with E-state index in [1.807, 2.05) is 121 Å². The molecule has 0 atom stereocenters. The Kier molecular flexibility index (Phi) is 11.3. The van der Waals surface area contributed by atoms with Crippen molar-refractivity contribution >= 4 is 77.8 Å². The normalized spacial score (nSPS) is 10.9. The monoisotopic (exact) mass is 940 g/mol. The molecule has 0 N–H and O–H groups in total. The lowest BCUT2D eigenvalue weighted by Gasteiger charge is -2.30. The standard InChI is InChI=1S/C68H40N6/c1-71-57-29-23-50(24-30-57)56-37-54(48-14-7-4-8-15-48)38-61(41-56)73(59-17-9-11-46(35-59)44-70)65-33-27-51-26-32-64-66(34-28-52-25-31-63(65)67(51)68(52)64)74(60-18-10-16-58(42-60)72-2)62-39-53(47-12-5-3-6-13-47)36-55(40-62)49-21-19-45(43-69)20-22-49/h3-42H. The lowest BCUT2D eigenvalue weighted by atomic mass is 9.91. The molecule has 0 amide bonds. The molecule has 342 valence electrons.